The summed E-state index contributed by atoms with van der Waals surface area (Å²) in [5.41, 5.74) is 3.12. The third kappa shape index (κ3) is 5.35. The van der Waals surface area contributed by atoms with Crippen LogP contribution in [-0.2, 0) is 0 Å². The number of aromatic amines is 1. The van der Waals surface area contributed by atoms with Gasteiger partial charge in [-0.1, -0.05) is 19.1 Å². The zero-order chi connectivity index (χ0) is 20.6. The second-order valence-corrected chi connectivity index (χ2v) is 6.08. The first-order chi connectivity index (χ1) is 14.1. The maximum absolute atomic E-state index is 13.1. The lowest BCUT2D eigenvalue weighted by Gasteiger charge is -2.07. The number of benzene rings is 2. The number of para-hydroxylation sites is 1. The Morgan fingerprint density at radius 1 is 1.24 bits per heavy atom. The van der Waals surface area contributed by atoms with Gasteiger partial charge in [-0.15, -0.1) is 0 Å². The minimum absolute atomic E-state index is 0.0167. The van der Waals surface area contributed by atoms with Crippen molar-refractivity contribution in [3.05, 3.63) is 82.2 Å². The third-order valence-corrected chi connectivity index (χ3v) is 3.88. The number of H-pyrrole nitrogens is 1. The van der Waals surface area contributed by atoms with Crippen molar-refractivity contribution in [1.29, 1.82) is 0 Å². The Labute approximate surface area is 166 Å². The monoisotopic (exact) mass is 394 g/mol. The molecule has 1 amide bonds. The number of hydrazone groups is 1. The van der Waals surface area contributed by atoms with E-state index in [1.54, 1.807) is 0 Å². The molecule has 7 nitrogen and oxygen atoms in total. The number of hydrogen-bond acceptors (Lipinski definition) is 5. The average molecular weight is 394 g/mol. The predicted molar refractivity (Wildman–Crippen MR) is 108 cm³/mol. The molecule has 2 aromatic carbocycles. The first-order valence-electron chi connectivity index (χ1n) is 8.99. The van der Waals surface area contributed by atoms with Crippen molar-refractivity contribution in [3.63, 3.8) is 0 Å². The smallest absolute Gasteiger partial charge is 0.346 e. The molecular weight excluding hydrogens is 375 g/mol. The van der Waals surface area contributed by atoms with Gasteiger partial charge in [-0.25, -0.2) is 14.6 Å². The van der Waals surface area contributed by atoms with Crippen LogP contribution < -0.4 is 15.9 Å². The third-order valence-electron chi connectivity index (χ3n) is 3.88. The van der Waals surface area contributed by atoms with E-state index in [-0.39, 0.29) is 11.4 Å². The molecule has 0 fully saturated rings. The molecule has 0 aliphatic heterocycles. The van der Waals surface area contributed by atoms with Crippen LogP contribution in [0.2, 0.25) is 0 Å². The van der Waals surface area contributed by atoms with Crippen LogP contribution in [0.5, 0.6) is 5.75 Å². The van der Waals surface area contributed by atoms with E-state index in [0.717, 1.165) is 6.42 Å². The van der Waals surface area contributed by atoms with Crippen molar-refractivity contribution in [2.24, 2.45) is 5.10 Å². The molecule has 8 heteroatoms. The minimum atomic E-state index is -0.695. The molecule has 0 unspecified atom stereocenters. The molecule has 3 rings (SSSR count). The number of amides is 1. The van der Waals surface area contributed by atoms with E-state index in [4.69, 9.17) is 4.74 Å². The molecule has 1 aromatic heterocycles. The highest BCUT2D eigenvalue weighted by atomic mass is 19.1. The van der Waals surface area contributed by atoms with Crippen molar-refractivity contribution in [2.75, 3.05) is 6.61 Å². The summed E-state index contributed by atoms with van der Waals surface area (Å²) in [6.45, 7) is 2.58. The van der Waals surface area contributed by atoms with E-state index in [0.29, 0.717) is 23.5 Å². The molecule has 0 saturated carbocycles. The summed E-state index contributed by atoms with van der Waals surface area (Å²) in [5, 5.41) is 3.93. The molecule has 2 N–H and O–H groups in total. The number of rotatable bonds is 7. The van der Waals surface area contributed by atoms with Gasteiger partial charge in [-0.05, 0) is 48.9 Å². The number of ether oxygens (including phenoxy) is 1. The van der Waals surface area contributed by atoms with E-state index in [9.17, 15) is 14.0 Å². The van der Waals surface area contributed by atoms with Crippen LogP contribution in [0.1, 0.15) is 29.4 Å². The Morgan fingerprint density at radius 2 is 2.00 bits per heavy atom. The Hall–Kier alpha value is -3.81. The fourth-order valence-corrected chi connectivity index (χ4v) is 2.50. The molecule has 0 aliphatic rings. The molecule has 0 atom stereocenters. The summed E-state index contributed by atoms with van der Waals surface area (Å²) in [6.07, 6.45) is 2.33. The van der Waals surface area contributed by atoms with Gasteiger partial charge >= 0.3 is 5.69 Å². The number of nitrogens with zero attached hydrogens (tertiary/aromatic N) is 2. The second-order valence-electron chi connectivity index (χ2n) is 6.08. The summed E-state index contributed by atoms with van der Waals surface area (Å²) in [7, 11) is 0. The number of halogens is 1. The van der Waals surface area contributed by atoms with Crippen molar-refractivity contribution in [3.8, 4) is 17.0 Å². The lowest BCUT2D eigenvalue weighted by atomic mass is 10.1. The zero-order valence-electron chi connectivity index (χ0n) is 15.7. The van der Waals surface area contributed by atoms with Gasteiger partial charge in [0.15, 0.2) is 0 Å². The highest BCUT2D eigenvalue weighted by Gasteiger charge is 2.10. The molecule has 0 saturated heterocycles. The van der Waals surface area contributed by atoms with Gasteiger partial charge in [0, 0.05) is 11.1 Å². The quantitative estimate of drug-likeness (QED) is 0.475. The Kier molecular flexibility index (Phi) is 6.47. The van der Waals surface area contributed by atoms with Crippen LogP contribution >= 0.6 is 0 Å². The molecule has 0 bridgehead atoms. The first-order valence-corrected chi connectivity index (χ1v) is 8.99. The van der Waals surface area contributed by atoms with Crippen molar-refractivity contribution >= 4 is 12.1 Å². The van der Waals surface area contributed by atoms with Crippen LogP contribution in [0, 0.1) is 5.82 Å². The van der Waals surface area contributed by atoms with Crippen LogP contribution in [0.3, 0.4) is 0 Å². The van der Waals surface area contributed by atoms with E-state index in [2.05, 4.69) is 20.5 Å². The van der Waals surface area contributed by atoms with Gasteiger partial charge in [0.05, 0.1) is 18.5 Å². The van der Waals surface area contributed by atoms with Gasteiger partial charge in [-0.2, -0.15) is 10.1 Å². The summed E-state index contributed by atoms with van der Waals surface area (Å²) in [4.78, 5) is 30.4. The van der Waals surface area contributed by atoms with Crippen LogP contribution in [0.25, 0.3) is 11.3 Å². The zero-order valence-corrected chi connectivity index (χ0v) is 15.7. The summed E-state index contributed by atoms with van der Waals surface area (Å²) >= 11 is 0. The maximum Gasteiger partial charge on any atom is 0.346 e. The van der Waals surface area contributed by atoms with Crippen molar-refractivity contribution < 1.29 is 13.9 Å². The lowest BCUT2D eigenvalue weighted by molar-refractivity contribution is 0.0949. The van der Waals surface area contributed by atoms with Gasteiger partial charge in [-0.3, -0.25) is 4.79 Å². The van der Waals surface area contributed by atoms with Crippen molar-refractivity contribution in [2.45, 2.75) is 13.3 Å². The molecular formula is C21H19FN4O3. The summed E-state index contributed by atoms with van der Waals surface area (Å²) in [6, 6.07) is 14.2. The maximum atomic E-state index is 13.1. The van der Waals surface area contributed by atoms with Crippen molar-refractivity contribution in [1.82, 2.24) is 15.4 Å². The predicted octanol–water partition coefficient (Wildman–Crippen LogP) is 3.13. The molecule has 0 aliphatic carbocycles. The van der Waals surface area contributed by atoms with Gasteiger partial charge in [0.2, 0.25) is 0 Å². The number of aromatic nitrogens is 2. The lowest BCUT2D eigenvalue weighted by Crippen LogP contribution is -2.24. The van der Waals surface area contributed by atoms with Gasteiger partial charge in [0.1, 0.15) is 17.3 Å². The Bertz CT molecular complexity index is 1080. The van der Waals surface area contributed by atoms with E-state index >= 15 is 0 Å². The highest BCUT2D eigenvalue weighted by molar-refractivity contribution is 5.94. The second kappa shape index (κ2) is 9.41. The first kappa shape index (κ1) is 19.9. The topological polar surface area (TPSA) is 96.4 Å². The van der Waals surface area contributed by atoms with E-state index in [1.165, 1.54) is 36.5 Å². The standard InChI is InChI=1S/C21H19FN4O3/c1-2-11-29-19-6-4-3-5-15(19)13-23-26-20(27)18-12-17(24-21(28)25-18)14-7-9-16(22)10-8-14/h3-10,12-13H,2,11H2,1H3,(H,26,27)(H,24,25,28)/b23-13+. The SMILES string of the molecule is CCCOc1ccccc1/C=N/NC(=O)c1cc(-c2ccc(F)cc2)nc(=O)[nH]1. The van der Waals surface area contributed by atoms with E-state index < -0.39 is 17.4 Å². The fraction of sp³-hybridized carbons (Fsp3) is 0.143. The van der Waals surface area contributed by atoms with Gasteiger partial charge in [0.25, 0.3) is 5.91 Å². The molecule has 1 heterocycles. The molecule has 148 valence electrons. The van der Waals surface area contributed by atoms with Gasteiger partial charge < -0.3 is 9.72 Å². The average Bonchev–Trinajstić information content (AvgIpc) is 2.73. The number of carbonyl (C=O) groups is 1. The summed E-state index contributed by atoms with van der Waals surface area (Å²) in [5.74, 6) is -0.367. The Balaban J connectivity index is 1.75. The molecule has 3 aromatic rings. The van der Waals surface area contributed by atoms with E-state index in [1.807, 2.05) is 31.2 Å². The summed E-state index contributed by atoms with van der Waals surface area (Å²) < 4.78 is 18.7. The fourth-order valence-electron chi connectivity index (χ4n) is 2.50. The number of nitrogens with one attached hydrogen (secondary N) is 2. The molecule has 29 heavy (non-hydrogen) atoms. The Morgan fingerprint density at radius 3 is 2.76 bits per heavy atom. The minimum Gasteiger partial charge on any atom is -0.493 e. The van der Waals surface area contributed by atoms with Crippen LogP contribution in [0.15, 0.2) is 64.5 Å². The molecule has 0 spiro atoms. The van der Waals surface area contributed by atoms with Crippen LogP contribution in [-0.4, -0.2) is 28.7 Å². The highest BCUT2D eigenvalue weighted by Crippen LogP contribution is 2.17. The number of carbonyl (C=O) groups excluding carboxylic acids is 1. The largest absolute Gasteiger partial charge is 0.493 e. The molecule has 0 radical (unpaired) electrons. The van der Waals surface area contributed by atoms with Crippen LogP contribution in [0.4, 0.5) is 4.39 Å². The normalized spacial score (nSPS) is 10.8. The number of hydrogen-bond donors (Lipinski definition) is 2.